The summed E-state index contributed by atoms with van der Waals surface area (Å²) in [5.41, 5.74) is 5.42. The van der Waals surface area contributed by atoms with E-state index in [-0.39, 0.29) is 17.6 Å². The van der Waals surface area contributed by atoms with Gasteiger partial charge in [0.25, 0.3) is 0 Å². The van der Waals surface area contributed by atoms with Crippen molar-refractivity contribution in [1.82, 2.24) is 4.90 Å². The van der Waals surface area contributed by atoms with Crippen LogP contribution in [0.15, 0.2) is 12.1 Å². The van der Waals surface area contributed by atoms with Crippen LogP contribution in [-0.4, -0.2) is 42.8 Å². The van der Waals surface area contributed by atoms with E-state index in [1.165, 1.54) is 35.1 Å². The van der Waals surface area contributed by atoms with Gasteiger partial charge in [0, 0.05) is 13.1 Å². The molecule has 3 rings (SSSR count). The third-order valence-electron chi connectivity index (χ3n) is 6.56. The average Bonchev–Trinajstić information content (AvgIpc) is 2.63. The van der Waals surface area contributed by atoms with E-state index in [9.17, 15) is 13.2 Å². The van der Waals surface area contributed by atoms with Crippen LogP contribution in [0.5, 0.6) is 0 Å². The van der Waals surface area contributed by atoms with Gasteiger partial charge in [-0.1, -0.05) is 12.1 Å². The van der Waals surface area contributed by atoms with Crippen molar-refractivity contribution in [3.63, 3.8) is 0 Å². The second-order valence-electron chi connectivity index (χ2n) is 9.60. The number of aryl methyl sites for hydroxylation is 1. The van der Waals surface area contributed by atoms with E-state index >= 15 is 0 Å². The van der Waals surface area contributed by atoms with Crippen molar-refractivity contribution in [2.45, 2.75) is 77.4 Å². The number of benzene rings is 1. The van der Waals surface area contributed by atoms with Gasteiger partial charge in [-0.25, -0.2) is 8.42 Å². The topological polar surface area (TPSA) is 54.5 Å². The summed E-state index contributed by atoms with van der Waals surface area (Å²) < 4.78 is 24.2. The van der Waals surface area contributed by atoms with Crippen molar-refractivity contribution in [3.8, 4) is 0 Å². The molecule has 4 nitrogen and oxygen atoms in total. The molecule has 0 spiro atoms. The lowest BCUT2D eigenvalue weighted by molar-refractivity contribution is -0.131. The number of amides is 1. The molecular weight excluding hydrogens is 370 g/mol. The second kappa shape index (κ2) is 8.17. The summed E-state index contributed by atoms with van der Waals surface area (Å²) in [5, 5.41) is 0. The van der Waals surface area contributed by atoms with Gasteiger partial charge in [0.1, 0.15) is 0 Å². The summed E-state index contributed by atoms with van der Waals surface area (Å²) >= 11 is 0. The fraction of sp³-hybridized carbons (Fsp3) is 0.696. The Morgan fingerprint density at radius 1 is 1.07 bits per heavy atom. The first-order chi connectivity index (χ1) is 13.1. The Balaban J connectivity index is 1.59. The number of nitrogens with zero attached hydrogens (tertiary/aromatic N) is 1. The Kier molecular flexibility index (Phi) is 6.23. The second-order valence-corrected chi connectivity index (χ2v) is 12.4. The molecule has 1 fully saturated rings. The fourth-order valence-corrected chi connectivity index (χ4v) is 5.93. The maximum Gasteiger partial charge on any atom is 0.226 e. The molecule has 1 aliphatic carbocycles. The predicted octanol–water partition coefficient (Wildman–Crippen LogP) is 3.87. The third-order valence-corrected chi connectivity index (χ3v) is 9.34. The Bertz CT molecular complexity index is 828. The molecule has 28 heavy (non-hydrogen) atoms. The standard InChI is InChI=1S/C23H35NO3S/c1-17-9-10-19(21-8-6-5-7-20(17)21)15-22(25)24-13-11-18(12-14-24)16-28(26,27)23(2,3)4/h9-10,18H,5-8,11-16H2,1-4H3. The molecule has 2 aliphatic rings. The molecule has 0 saturated carbocycles. The van der Waals surface area contributed by atoms with Crippen molar-refractivity contribution in [2.75, 3.05) is 18.8 Å². The van der Waals surface area contributed by atoms with E-state index in [1.54, 1.807) is 20.8 Å². The highest BCUT2D eigenvalue weighted by Crippen LogP contribution is 2.29. The van der Waals surface area contributed by atoms with Crippen LogP contribution in [-0.2, 0) is 33.9 Å². The first kappa shape index (κ1) is 21.4. The number of hydrogen-bond acceptors (Lipinski definition) is 3. The Morgan fingerprint density at radius 2 is 1.68 bits per heavy atom. The quantitative estimate of drug-likeness (QED) is 0.764. The number of fused-ring (bicyclic) bond motifs is 1. The van der Waals surface area contributed by atoms with Crippen LogP contribution in [0.2, 0.25) is 0 Å². The normalized spacial score (nSPS) is 18.8. The van der Waals surface area contributed by atoms with Gasteiger partial charge >= 0.3 is 0 Å². The molecule has 156 valence electrons. The maximum atomic E-state index is 12.9. The molecule has 0 unspecified atom stereocenters. The zero-order chi connectivity index (χ0) is 20.5. The lowest BCUT2D eigenvalue weighted by atomic mass is 9.84. The van der Waals surface area contributed by atoms with E-state index in [4.69, 9.17) is 0 Å². The lowest BCUT2D eigenvalue weighted by Crippen LogP contribution is -2.42. The summed E-state index contributed by atoms with van der Waals surface area (Å²) in [6.07, 6.45) is 6.73. The monoisotopic (exact) mass is 405 g/mol. The SMILES string of the molecule is Cc1ccc(CC(=O)N2CCC(CS(=O)(=O)C(C)(C)C)CC2)c2c1CCCC2. The number of hydrogen-bond donors (Lipinski definition) is 0. The number of likely N-dealkylation sites (tertiary alicyclic amines) is 1. The molecule has 0 radical (unpaired) electrons. The molecule has 1 aromatic rings. The summed E-state index contributed by atoms with van der Waals surface area (Å²) in [4.78, 5) is 14.8. The van der Waals surface area contributed by atoms with Gasteiger partial charge in [0.05, 0.1) is 16.9 Å². The molecule has 5 heteroatoms. The third kappa shape index (κ3) is 4.61. The molecule has 1 aromatic carbocycles. The predicted molar refractivity (Wildman–Crippen MR) is 114 cm³/mol. The van der Waals surface area contributed by atoms with Crippen LogP contribution in [0.4, 0.5) is 0 Å². The molecule has 0 N–H and O–H groups in total. The summed E-state index contributed by atoms with van der Waals surface area (Å²) in [6.45, 7) is 8.83. The van der Waals surface area contributed by atoms with Crippen molar-refractivity contribution in [3.05, 3.63) is 34.4 Å². The van der Waals surface area contributed by atoms with Crippen LogP contribution < -0.4 is 0 Å². The fourth-order valence-electron chi connectivity index (χ4n) is 4.47. The summed E-state index contributed by atoms with van der Waals surface area (Å²) in [6, 6.07) is 4.30. The van der Waals surface area contributed by atoms with Gasteiger partial charge in [0.15, 0.2) is 9.84 Å². The van der Waals surface area contributed by atoms with Gasteiger partial charge in [-0.3, -0.25) is 4.79 Å². The van der Waals surface area contributed by atoms with Crippen LogP contribution >= 0.6 is 0 Å². The Labute approximate surface area is 170 Å². The molecule has 1 aliphatic heterocycles. The number of carbonyl (C=O) groups is 1. The molecule has 1 heterocycles. The Hall–Kier alpha value is -1.36. The first-order valence-corrected chi connectivity index (χ1v) is 12.3. The van der Waals surface area contributed by atoms with Crippen LogP contribution in [0.1, 0.15) is 68.7 Å². The van der Waals surface area contributed by atoms with Gasteiger partial charge in [-0.05, 0) is 94.4 Å². The van der Waals surface area contributed by atoms with E-state index < -0.39 is 14.6 Å². The lowest BCUT2D eigenvalue weighted by Gasteiger charge is -2.33. The molecule has 0 aromatic heterocycles. The molecule has 0 atom stereocenters. The van der Waals surface area contributed by atoms with Gasteiger partial charge in [-0.15, -0.1) is 0 Å². The van der Waals surface area contributed by atoms with E-state index in [0.29, 0.717) is 19.5 Å². The largest absolute Gasteiger partial charge is 0.342 e. The highest BCUT2D eigenvalue weighted by molar-refractivity contribution is 7.92. The minimum absolute atomic E-state index is 0.167. The zero-order valence-electron chi connectivity index (χ0n) is 17.9. The van der Waals surface area contributed by atoms with Crippen molar-refractivity contribution in [2.24, 2.45) is 5.92 Å². The highest BCUT2D eigenvalue weighted by Gasteiger charge is 2.33. The minimum atomic E-state index is -3.10. The number of rotatable bonds is 4. The van der Waals surface area contributed by atoms with Crippen molar-refractivity contribution < 1.29 is 13.2 Å². The average molecular weight is 406 g/mol. The minimum Gasteiger partial charge on any atom is -0.342 e. The van der Waals surface area contributed by atoms with E-state index in [0.717, 1.165) is 25.7 Å². The van der Waals surface area contributed by atoms with E-state index in [2.05, 4.69) is 19.1 Å². The smallest absolute Gasteiger partial charge is 0.226 e. The van der Waals surface area contributed by atoms with Crippen molar-refractivity contribution in [1.29, 1.82) is 0 Å². The number of piperidine rings is 1. The van der Waals surface area contributed by atoms with Crippen molar-refractivity contribution >= 4 is 15.7 Å². The maximum absolute atomic E-state index is 12.9. The number of carbonyl (C=O) groups excluding carboxylic acids is 1. The van der Waals surface area contributed by atoms with Crippen LogP contribution in [0.25, 0.3) is 0 Å². The van der Waals surface area contributed by atoms with E-state index in [1.807, 2.05) is 4.90 Å². The summed E-state index contributed by atoms with van der Waals surface area (Å²) in [7, 11) is -3.10. The highest BCUT2D eigenvalue weighted by atomic mass is 32.2. The number of sulfone groups is 1. The van der Waals surface area contributed by atoms with Gasteiger partial charge < -0.3 is 4.90 Å². The molecule has 1 saturated heterocycles. The Morgan fingerprint density at radius 3 is 2.29 bits per heavy atom. The van der Waals surface area contributed by atoms with Gasteiger partial charge in [-0.2, -0.15) is 0 Å². The molecular formula is C23H35NO3S. The van der Waals surface area contributed by atoms with Crippen LogP contribution in [0.3, 0.4) is 0 Å². The molecule has 1 amide bonds. The van der Waals surface area contributed by atoms with Crippen LogP contribution in [0, 0.1) is 12.8 Å². The zero-order valence-corrected chi connectivity index (χ0v) is 18.7. The van der Waals surface area contributed by atoms with Gasteiger partial charge in [0.2, 0.25) is 5.91 Å². The first-order valence-electron chi connectivity index (χ1n) is 10.7. The molecule has 0 bridgehead atoms. The summed E-state index contributed by atoms with van der Waals surface area (Å²) in [5.74, 6) is 0.596.